The maximum atomic E-state index is 12.8. The monoisotopic (exact) mass is 453 g/mol. The molecule has 9 heteroatoms. The van der Waals surface area contributed by atoms with Crippen molar-refractivity contribution >= 4 is 46.2 Å². The second kappa shape index (κ2) is 7.83. The Balaban J connectivity index is 1.61. The number of nitrogens with zero attached hydrogens (tertiary/aromatic N) is 3. The van der Waals surface area contributed by atoms with Crippen LogP contribution in [-0.4, -0.2) is 15.6 Å². The van der Waals surface area contributed by atoms with Crippen molar-refractivity contribution in [1.29, 1.82) is 0 Å². The first-order valence-corrected chi connectivity index (χ1v) is 10.5. The average Bonchev–Trinajstić information content (AvgIpc) is 3.07. The number of Topliss-reactive ketones (excluding diaryl/α,β-unsaturated/α-hetero) is 1. The number of azo groups is 1. The fourth-order valence-corrected chi connectivity index (χ4v) is 4.24. The molecular weight excluding hydrogens is 437 g/mol. The largest absolute Gasteiger partial charge is 0.342 e. The summed E-state index contributed by atoms with van der Waals surface area (Å²) in [5.74, 6) is 0.705. The number of halogens is 2. The molecule has 1 aliphatic heterocycles. The summed E-state index contributed by atoms with van der Waals surface area (Å²) >= 11 is 12.0. The van der Waals surface area contributed by atoms with Crippen LogP contribution in [0.1, 0.15) is 30.9 Å². The number of H-pyrrole nitrogens is 1. The van der Waals surface area contributed by atoms with Gasteiger partial charge in [0.2, 0.25) is 0 Å². The Morgan fingerprint density at radius 2 is 1.58 bits per heavy atom. The molecule has 2 N–H and O–H groups in total. The quantitative estimate of drug-likeness (QED) is 0.481. The van der Waals surface area contributed by atoms with Crippen LogP contribution in [0.5, 0.6) is 0 Å². The number of hydrogen-bond acceptors (Lipinski definition) is 5. The van der Waals surface area contributed by atoms with Crippen molar-refractivity contribution in [2.24, 2.45) is 10.2 Å². The van der Waals surface area contributed by atoms with Crippen LogP contribution in [-0.2, 0) is 4.79 Å². The van der Waals surface area contributed by atoms with Gasteiger partial charge in [0.1, 0.15) is 11.8 Å². The summed E-state index contributed by atoms with van der Waals surface area (Å²) < 4.78 is 1.72. The third kappa shape index (κ3) is 3.71. The maximum Gasteiger partial charge on any atom is 0.294 e. The highest BCUT2D eigenvalue weighted by Crippen LogP contribution is 2.43. The van der Waals surface area contributed by atoms with Crippen molar-refractivity contribution in [3.8, 4) is 0 Å². The molecule has 31 heavy (non-hydrogen) atoms. The Kier molecular flexibility index (Phi) is 5.00. The average molecular weight is 454 g/mol. The van der Waals surface area contributed by atoms with Gasteiger partial charge < -0.3 is 5.32 Å². The molecule has 1 unspecified atom stereocenters. The summed E-state index contributed by atoms with van der Waals surface area (Å²) in [5.41, 5.74) is 3.20. The molecule has 0 amide bonds. The number of carbonyl (C=O) groups excluding carboxylic acids is 1. The molecule has 0 radical (unpaired) electrons. The minimum Gasteiger partial charge on any atom is -0.342 e. The lowest BCUT2D eigenvalue weighted by Crippen LogP contribution is -2.29. The van der Waals surface area contributed by atoms with Gasteiger partial charge in [0, 0.05) is 28.6 Å². The van der Waals surface area contributed by atoms with Crippen molar-refractivity contribution in [1.82, 2.24) is 9.78 Å². The van der Waals surface area contributed by atoms with Gasteiger partial charge in [-0.15, -0.1) is 5.11 Å². The number of ketones is 1. The van der Waals surface area contributed by atoms with Gasteiger partial charge in [-0.05, 0) is 54.0 Å². The molecule has 7 nitrogen and oxygen atoms in total. The van der Waals surface area contributed by atoms with Gasteiger partial charge in [0.25, 0.3) is 5.56 Å². The van der Waals surface area contributed by atoms with E-state index >= 15 is 0 Å². The highest BCUT2D eigenvalue weighted by molar-refractivity contribution is 6.30. The fourth-order valence-electron chi connectivity index (χ4n) is 3.99. The van der Waals surface area contributed by atoms with Crippen LogP contribution in [0.4, 0.5) is 17.2 Å². The smallest absolute Gasteiger partial charge is 0.294 e. The van der Waals surface area contributed by atoms with Gasteiger partial charge in [-0.2, -0.15) is 5.11 Å². The molecule has 2 aliphatic rings. The number of aromatic amines is 1. The van der Waals surface area contributed by atoms with Crippen molar-refractivity contribution in [3.63, 3.8) is 0 Å². The first kappa shape index (κ1) is 19.8. The molecule has 0 saturated carbocycles. The molecule has 2 heterocycles. The zero-order valence-electron chi connectivity index (χ0n) is 16.2. The van der Waals surface area contributed by atoms with E-state index in [1.165, 1.54) is 0 Å². The number of carbonyl (C=O) groups is 1. The van der Waals surface area contributed by atoms with Crippen LogP contribution in [0, 0.1) is 0 Å². The number of rotatable bonds is 3. The molecule has 2 aromatic carbocycles. The molecule has 0 spiro atoms. The Bertz CT molecular complexity index is 1290. The van der Waals surface area contributed by atoms with Gasteiger partial charge in [-0.1, -0.05) is 35.3 Å². The van der Waals surface area contributed by atoms with E-state index in [0.29, 0.717) is 40.8 Å². The number of anilines is 1. The molecule has 3 aromatic rings. The van der Waals surface area contributed by atoms with E-state index in [2.05, 4.69) is 20.6 Å². The van der Waals surface area contributed by atoms with E-state index < -0.39 is 0 Å². The van der Waals surface area contributed by atoms with E-state index in [4.69, 9.17) is 23.2 Å². The minimum absolute atomic E-state index is 0.178. The first-order chi connectivity index (χ1) is 15.0. The number of aromatic nitrogens is 2. The molecule has 0 bridgehead atoms. The lowest BCUT2D eigenvalue weighted by atomic mass is 9.86. The Morgan fingerprint density at radius 1 is 0.903 bits per heavy atom. The van der Waals surface area contributed by atoms with Gasteiger partial charge in [-0.25, -0.2) is 0 Å². The Labute approximate surface area is 187 Å². The SMILES string of the molecule is O=C1CCC2=C(C1)C(c1ccc(Cl)cc1)n1[nH]c(=O)c(N=Nc3ccc(Cl)cc3)c1N2. The number of fused-ring (bicyclic) bond motifs is 1. The van der Waals surface area contributed by atoms with E-state index in [1.807, 2.05) is 12.1 Å². The maximum absolute atomic E-state index is 12.8. The standard InChI is InChI=1S/C22H17Cl2N5O2/c23-13-3-1-12(2-4-13)20-17-11-16(30)9-10-18(17)25-21-19(22(31)28-29(20)21)27-26-15-7-5-14(24)6-8-15/h1-8,20,25H,9-11H2,(H,28,31). The van der Waals surface area contributed by atoms with Crippen molar-refractivity contribution in [2.75, 3.05) is 5.32 Å². The Morgan fingerprint density at radius 3 is 2.29 bits per heavy atom. The summed E-state index contributed by atoms with van der Waals surface area (Å²) in [6, 6.07) is 13.9. The molecule has 1 aliphatic carbocycles. The highest BCUT2D eigenvalue weighted by atomic mass is 35.5. The van der Waals surface area contributed by atoms with Crippen LogP contribution in [0.2, 0.25) is 10.0 Å². The van der Waals surface area contributed by atoms with E-state index in [0.717, 1.165) is 16.8 Å². The van der Waals surface area contributed by atoms with Crippen molar-refractivity contribution in [2.45, 2.75) is 25.3 Å². The van der Waals surface area contributed by atoms with Crippen molar-refractivity contribution < 1.29 is 4.79 Å². The van der Waals surface area contributed by atoms with Crippen molar-refractivity contribution in [3.05, 3.63) is 85.8 Å². The normalized spacial score (nSPS) is 18.1. The van der Waals surface area contributed by atoms with Crippen LogP contribution in [0.3, 0.4) is 0 Å². The molecule has 1 aromatic heterocycles. The first-order valence-electron chi connectivity index (χ1n) is 9.77. The highest BCUT2D eigenvalue weighted by Gasteiger charge is 2.35. The van der Waals surface area contributed by atoms with Crippen LogP contribution in [0.15, 0.2) is 74.8 Å². The zero-order valence-corrected chi connectivity index (χ0v) is 17.7. The Hall–Kier alpha value is -3.16. The summed E-state index contributed by atoms with van der Waals surface area (Å²) in [7, 11) is 0. The lowest BCUT2D eigenvalue weighted by molar-refractivity contribution is -0.118. The van der Waals surface area contributed by atoms with Crippen LogP contribution >= 0.6 is 23.2 Å². The zero-order chi connectivity index (χ0) is 21.5. The van der Waals surface area contributed by atoms with Gasteiger partial charge in [-0.3, -0.25) is 19.4 Å². The third-order valence-corrected chi connectivity index (χ3v) is 5.97. The van der Waals surface area contributed by atoms with Crippen LogP contribution < -0.4 is 10.9 Å². The fraction of sp³-hybridized carbons (Fsp3) is 0.182. The molecular formula is C22H17Cl2N5O2. The summed E-state index contributed by atoms with van der Waals surface area (Å²) in [5, 5.41) is 15.8. The molecule has 1 atom stereocenters. The van der Waals surface area contributed by atoms with Gasteiger partial charge in [0.05, 0.1) is 5.69 Å². The summed E-state index contributed by atoms with van der Waals surface area (Å²) in [6.45, 7) is 0. The minimum atomic E-state index is -0.370. The molecule has 156 valence electrons. The topological polar surface area (TPSA) is 91.6 Å². The predicted octanol–water partition coefficient (Wildman–Crippen LogP) is 5.92. The molecule has 0 fully saturated rings. The van der Waals surface area contributed by atoms with E-state index in [9.17, 15) is 9.59 Å². The number of nitrogens with one attached hydrogen (secondary N) is 2. The second-order valence-electron chi connectivity index (χ2n) is 7.48. The number of benzene rings is 2. The number of hydrogen-bond donors (Lipinski definition) is 2. The van der Waals surface area contributed by atoms with Gasteiger partial charge in [0.15, 0.2) is 11.5 Å². The van der Waals surface area contributed by atoms with E-state index in [1.54, 1.807) is 41.1 Å². The summed E-state index contributed by atoms with van der Waals surface area (Å²) in [6.07, 6.45) is 1.39. The van der Waals surface area contributed by atoms with Crippen LogP contribution in [0.25, 0.3) is 0 Å². The van der Waals surface area contributed by atoms with Gasteiger partial charge >= 0.3 is 0 Å². The molecule has 0 saturated heterocycles. The third-order valence-electron chi connectivity index (χ3n) is 5.47. The lowest BCUT2D eigenvalue weighted by Gasteiger charge is -2.34. The number of allylic oxidation sites excluding steroid dienone is 2. The second-order valence-corrected chi connectivity index (χ2v) is 8.36. The predicted molar refractivity (Wildman–Crippen MR) is 120 cm³/mol. The van der Waals surface area contributed by atoms with E-state index in [-0.39, 0.29) is 23.1 Å². The summed E-state index contributed by atoms with van der Waals surface area (Å²) in [4.78, 5) is 25.0. The molecule has 5 rings (SSSR count).